The van der Waals surface area contributed by atoms with Gasteiger partial charge in [0.1, 0.15) is 0 Å². The molecule has 0 aliphatic heterocycles. The van der Waals surface area contributed by atoms with E-state index in [1.807, 2.05) is 0 Å². The van der Waals surface area contributed by atoms with Crippen LogP contribution in [0.2, 0.25) is 0 Å². The quantitative estimate of drug-likeness (QED) is 0.137. The summed E-state index contributed by atoms with van der Waals surface area (Å²) in [5.41, 5.74) is 25.7. The minimum atomic E-state index is 0.621. The van der Waals surface area contributed by atoms with E-state index in [1.165, 1.54) is 43.8 Å². The number of aromatic nitrogens is 5. The van der Waals surface area contributed by atoms with E-state index >= 15 is 0 Å². The second kappa shape index (κ2) is 21.1. The minimum absolute atomic E-state index is 0.621. The van der Waals surface area contributed by atoms with Gasteiger partial charge in [0.15, 0.2) is 5.82 Å². The lowest BCUT2D eigenvalue weighted by Gasteiger charge is -2.24. The van der Waals surface area contributed by atoms with E-state index in [1.54, 1.807) is 0 Å². The molecule has 0 bridgehead atoms. The summed E-state index contributed by atoms with van der Waals surface area (Å²) in [6, 6.07) is 113. The van der Waals surface area contributed by atoms with Gasteiger partial charge in [0.05, 0.1) is 61.6 Å². The molecule has 89 heavy (non-hydrogen) atoms. The number of benzene rings is 13. The van der Waals surface area contributed by atoms with Crippen LogP contribution in [0.15, 0.2) is 309 Å². The maximum atomic E-state index is 5.63. The van der Waals surface area contributed by atoms with Crippen LogP contribution in [0.1, 0.15) is 11.1 Å². The van der Waals surface area contributed by atoms with Gasteiger partial charge in [-0.2, -0.15) is 0 Å². The standard InChI is InChI=1S/C84H57N5/c1-54-37-41-56(42-38-54)60-45-47-81-69(49-60)70-50-61(57-43-39-55(2)40-44-57)46-48-82(70)89(81)83-71(67-29-13-19-35-79(67)87-75-31-15-9-25-63(75)64-26-10-16-32-76(64)87)51-62(84-85-73(58-21-5-3-6-22-58)53-74(86-84)59-23-7-4-8-24-59)52-72(83)68-30-14-20-36-80(68)88-77-33-17-11-27-65(77)66-28-12-18-34-78(66)88/h3-53H,1-2H3. The molecule has 418 valence electrons. The van der Waals surface area contributed by atoms with Crippen molar-refractivity contribution in [3.63, 3.8) is 0 Å². The van der Waals surface area contributed by atoms with Gasteiger partial charge < -0.3 is 13.7 Å². The summed E-state index contributed by atoms with van der Waals surface area (Å²) in [6.07, 6.45) is 0. The SMILES string of the molecule is Cc1ccc(-c2ccc3c(c2)c2cc(-c4ccc(C)cc4)ccc2n3-c2c(-c3ccccc3-n3c4ccccc4c4ccccc43)cc(-c3nc(-c4ccccc4)cc(-c4ccccc4)n3)cc2-c2ccccc2-n2c3ccccc3c3ccccc32)cc1. The van der Waals surface area contributed by atoms with Crippen molar-refractivity contribution < 1.29 is 0 Å². The Labute approximate surface area is 516 Å². The van der Waals surface area contributed by atoms with Crippen LogP contribution >= 0.6 is 0 Å². The van der Waals surface area contributed by atoms with E-state index in [0.717, 1.165) is 122 Å². The lowest BCUT2D eigenvalue weighted by atomic mass is 9.90. The number of hydrogen-bond donors (Lipinski definition) is 0. The molecular weight excluding hydrogens is 1080 g/mol. The lowest BCUT2D eigenvalue weighted by Crippen LogP contribution is -2.06. The molecule has 4 heterocycles. The van der Waals surface area contributed by atoms with E-state index in [0.29, 0.717) is 5.82 Å². The molecule has 17 aromatic rings. The van der Waals surface area contributed by atoms with E-state index in [-0.39, 0.29) is 0 Å². The van der Waals surface area contributed by atoms with Crippen molar-refractivity contribution in [3.8, 4) is 95.5 Å². The Morgan fingerprint density at radius 1 is 0.225 bits per heavy atom. The number of hydrogen-bond acceptors (Lipinski definition) is 2. The summed E-state index contributed by atoms with van der Waals surface area (Å²) in [7, 11) is 0. The summed E-state index contributed by atoms with van der Waals surface area (Å²) in [4.78, 5) is 11.3. The van der Waals surface area contributed by atoms with Crippen LogP contribution in [0.5, 0.6) is 0 Å². The van der Waals surface area contributed by atoms with Gasteiger partial charge in [0, 0.05) is 71.3 Å². The molecule has 0 N–H and O–H groups in total. The molecule has 0 spiro atoms. The van der Waals surface area contributed by atoms with Crippen molar-refractivity contribution in [2.24, 2.45) is 0 Å². The Balaban J connectivity index is 1.06. The Bertz CT molecular complexity index is 5170. The number of rotatable bonds is 10. The molecule has 4 aromatic heterocycles. The Kier molecular flexibility index (Phi) is 12.3. The predicted molar refractivity (Wildman–Crippen MR) is 373 cm³/mol. The molecule has 0 unspecified atom stereocenters. The Hall–Kier alpha value is -11.7. The highest BCUT2D eigenvalue weighted by Gasteiger charge is 2.28. The van der Waals surface area contributed by atoms with Crippen molar-refractivity contribution in [1.29, 1.82) is 0 Å². The summed E-state index contributed by atoms with van der Waals surface area (Å²) >= 11 is 0. The first kappa shape index (κ1) is 51.7. The lowest BCUT2D eigenvalue weighted by molar-refractivity contribution is 1.15. The second-order valence-corrected chi connectivity index (χ2v) is 23.4. The molecule has 0 aliphatic rings. The zero-order chi connectivity index (χ0) is 59.1. The van der Waals surface area contributed by atoms with Gasteiger partial charge in [-0.25, -0.2) is 9.97 Å². The van der Waals surface area contributed by atoms with Crippen LogP contribution in [0, 0.1) is 13.8 Å². The first-order valence-electron chi connectivity index (χ1n) is 30.5. The fourth-order valence-electron chi connectivity index (χ4n) is 13.8. The molecule has 5 nitrogen and oxygen atoms in total. The maximum Gasteiger partial charge on any atom is 0.160 e. The predicted octanol–water partition coefficient (Wildman–Crippen LogP) is 22.1. The van der Waals surface area contributed by atoms with Crippen LogP contribution in [0.25, 0.3) is 161 Å². The fourth-order valence-corrected chi connectivity index (χ4v) is 13.8. The summed E-state index contributed by atoms with van der Waals surface area (Å²) in [5.74, 6) is 0.621. The number of para-hydroxylation sites is 6. The normalized spacial score (nSPS) is 11.7. The topological polar surface area (TPSA) is 40.6 Å². The van der Waals surface area contributed by atoms with Crippen LogP contribution in [-0.4, -0.2) is 23.7 Å². The molecule has 0 saturated heterocycles. The van der Waals surface area contributed by atoms with Crippen molar-refractivity contribution in [2.45, 2.75) is 13.8 Å². The van der Waals surface area contributed by atoms with Crippen molar-refractivity contribution in [2.75, 3.05) is 0 Å². The molecule has 0 radical (unpaired) electrons. The molecule has 0 fully saturated rings. The van der Waals surface area contributed by atoms with Gasteiger partial charge in [-0.1, -0.05) is 242 Å². The van der Waals surface area contributed by atoms with E-state index in [2.05, 4.69) is 337 Å². The highest BCUT2D eigenvalue weighted by Crippen LogP contribution is 2.49. The van der Waals surface area contributed by atoms with Crippen LogP contribution in [0.3, 0.4) is 0 Å². The Morgan fingerprint density at radius 3 is 0.966 bits per heavy atom. The molecule has 0 saturated carbocycles. The molecule has 5 heteroatoms. The van der Waals surface area contributed by atoms with Gasteiger partial charge in [-0.05, 0) is 115 Å². The summed E-state index contributed by atoms with van der Waals surface area (Å²) in [5, 5.41) is 7.11. The third-order valence-corrected chi connectivity index (χ3v) is 18.0. The molecule has 13 aromatic carbocycles. The monoisotopic (exact) mass is 1140 g/mol. The average Bonchev–Trinajstić information content (AvgIpc) is 1.86. The van der Waals surface area contributed by atoms with Crippen molar-refractivity contribution >= 4 is 65.4 Å². The first-order valence-corrected chi connectivity index (χ1v) is 30.5. The highest BCUT2D eigenvalue weighted by molar-refractivity contribution is 6.15. The third kappa shape index (κ3) is 8.69. The zero-order valence-corrected chi connectivity index (χ0v) is 49.2. The number of nitrogens with zero attached hydrogens (tertiary/aromatic N) is 5. The highest BCUT2D eigenvalue weighted by atomic mass is 15.0. The smallest absolute Gasteiger partial charge is 0.160 e. The van der Waals surface area contributed by atoms with Crippen LogP contribution in [0.4, 0.5) is 0 Å². The van der Waals surface area contributed by atoms with Gasteiger partial charge in [-0.3, -0.25) is 0 Å². The third-order valence-electron chi connectivity index (χ3n) is 18.0. The van der Waals surface area contributed by atoms with Gasteiger partial charge >= 0.3 is 0 Å². The van der Waals surface area contributed by atoms with Crippen LogP contribution in [-0.2, 0) is 0 Å². The molecule has 0 amide bonds. The first-order chi connectivity index (χ1) is 44.0. The zero-order valence-electron chi connectivity index (χ0n) is 49.2. The van der Waals surface area contributed by atoms with E-state index in [4.69, 9.17) is 9.97 Å². The largest absolute Gasteiger partial charge is 0.309 e. The van der Waals surface area contributed by atoms with Crippen molar-refractivity contribution in [3.05, 3.63) is 321 Å². The van der Waals surface area contributed by atoms with E-state index in [9.17, 15) is 0 Å². The number of fused-ring (bicyclic) bond motifs is 9. The van der Waals surface area contributed by atoms with E-state index < -0.39 is 0 Å². The van der Waals surface area contributed by atoms with Crippen molar-refractivity contribution in [1.82, 2.24) is 23.7 Å². The molecule has 0 atom stereocenters. The summed E-state index contributed by atoms with van der Waals surface area (Å²) in [6.45, 7) is 4.31. The second-order valence-electron chi connectivity index (χ2n) is 23.4. The van der Waals surface area contributed by atoms with Gasteiger partial charge in [0.2, 0.25) is 0 Å². The summed E-state index contributed by atoms with van der Waals surface area (Å²) < 4.78 is 7.50. The molecule has 0 aliphatic carbocycles. The van der Waals surface area contributed by atoms with Gasteiger partial charge in [0.25, 0.3) is 0 Å². The Morgan fingerprint density at radius 2 is 0.562 bits per heavy atom. The maximum absolute atomic E-state index is 5.63. The van der Waals surface area contributed by atoms with Crippen LogP contribution < -0.4 is 0 Å². The van der Waals surface area contributed by atoms with Gasteiger partial charge in [-0.15, -0.1) is 0 Å². The molecular formula is C84H57N5. The fraction of sp³-hybridized carbons (Fsp3) is 0.0238. The average molecular weight is 1140 g/mol. The number of aryl methyl sites for hydroxylation is 2. The minimum Gasteiger partial charge on any atom is -0.309 e. The molecule has 17 rings (SSSR count).